The minimum absolute atomic E-state index is 0.304. The number of ether oxygens (including phenoxy) is 3. The topological polar surface area (TPSA) is 78.7 Å². The van der Waals surface area contributed by atoms with E-state index in [-0.39, 0.29) is 5.79 Å². The smallest absolute Gasteiger partial charge is 0.342 e. The van der Waals surface area contributed by atoms with E-state index in [1.54, 1.807) is 30.2 Å². The number of carbonyl (C=O) groups excluding carboxylic acids is 1. The first-order chi connectivity index (χ1) is 17.7. The minimum atomic E-state index is -0.396. The van der Waals surface area contributed by atoms with E-state index in [2.05, 4.69) is 27.1 Å². The van der Waals surface area contributed by atoms with E-state index in [9.17, 15) is 4.79 Å². The van der Waals surface area contributed by atoms with E-state index >= 15 is 0 Å². The first kappa shape index (κ1) is 27.4. The van der Waals surface area contributed by atoms with E-state index in [0.29, 0.717) is 31.1 Å². The van der Waals surface area contributed by atoms with Crippen molar-refractivity contribution in [2.45, 2.75) is 53.2 Å². The Labute approximate surface area is 214 Å². The first-order valence-electron chi connectivity index (χ1n) is 13.0. The number of pyridine rings is 1. The van der Waals surface area contributed by atoms with Crippen molar-refractivity contribution in [3.05, 3.63) is 60.6 Å². The van der Waals surface area contributed by atoms with E-state index in [4.69, 9.17) is 14.2 Å². The molecule has 0 unspecified atom stereocenters. The van der Waals surface area contributed by atoms with Crippen molar-refractivity contribution in [2.75, 3.05) is 37.8 Å². The lowest BCUT2D eigenvalue weighted by molar-refractivity contribution is -0.169. The molecule has 0 N–H and O–H groups in total. The van der Waals surface area contributed by atoms with Gasteiger partial charge in [0.05, 0.1) is 25.5 Å². The lowest BCUT2D eigenvalue weighted by Gasteiger charge is -2.38. The standard InChI is InChI=1S/C24H26N4O4.2C2H6/c1-2-30-23(29)21-17-28(26-22(21)18-4-3-11-25-16-18)20-7-5-19(6-8-20)27-12-9-24(10-13-27)31-14-15-32-24;2*1-2/h3-8,11,16-17H,2,9-10,12-15H2,1H3;2*1-2H3. The van der Waals surface area contributed by atoms with Crippen molar-refractivity contribution in [3.63, 3.8) is 0 Å². The fourth-order valence-electron chi connectivity index (χ4n) is 4.29. The van der Waals surface area contributed by atoms with Crippen LogP contribution >= 0.6 is 0 Å². The summed E-state index contributed by atoms with van der Waals surface area (Å²) >= 11 is 0. The number of anilines is 1. The molecule has 0 saturated carbocycles. The van der Waals surface area contributed by atoms with Crippen LogP contribution in [0.25, 0.3) is 16.9 Å². The van der Waals surface area contributed by atoms with Gasteiger partial charge in [-0.3, -0.25) is 4.98 Å². The fraction of sp³-hybridized carbons (Fsp3) is 0.464. The van der Waals surface area contributed by atoms with Crippen LogP contribution in [-0.2, 0) is 14.2 Å². The molecule has 8 heteroatoms. The summed E-state index contributed by atoms with van der Waals surface area (Å²) < 4.78 is 18.6. The lowest BCUT2D eigenvalue weighted by Crippen LogP contribution is -2.45. The van der Waals surface area contributed by atoms with Crippen LogP contribution in [0.2, 0.25) is 0 Å². The van der Waals surface area contributed by atoms with Crippen LogP contribution in [0.5, 0.6) is 0 Å². The molecule has 36 heavy (non-hydrogen) atoms. The maximum absolute atomic E-state index is 12.5. The molecule has 0 radical (unpaired) electrons. The highest BCUT2D eigenvalue weighted by Gasteiger charge is 2.39. The van der Waals surface area contributed by atoms with Crippen molar-refractivity contribution in [1.29, 1.82) is 0 Å². The predicted molar refractivity (Wildman–Crippen MR) is 142 cm³/mol. The van der Waals surface area contributed by atoms with Gasteiger partial charge >= 0.3 is 5.97 Å². The maximum atomic E-state index is 12.5. The average molecular weight is 495 g/mol. The first-order valence-corrected chi connectivity index (χ1v) is 13.0. The SMILES string of the molecule is CC.CC.CCOC(=O)c1cn(-c2ccc(N3CCC4(CC3)OCCO4)cc2)nc1-c1cccnc1. The van der Waals surface area contributed by atoms with Crippen LogP contribution in [0.4, 0.5) is 5.69 Å². The van der Waals surface area contributed by atoms with Crippen LogP contribution < -0.4 is 4.90 Å². The molecule has 2 saturated heterocycles. The summed E-state index contributed by atoms with van der Waals surface area (Å²) in [6, 6.07) is 11.9. The number of hydrogen-bond acceptors (Lipinski definition) is 7. The van der Waals surface area contributed by atoms with Crippen LogP contribution in [0.3, 0.4) is 0 Å². The number of carbonyl (C=O) groups is 1. The summed E-state index contributed by atoms with van der Waals surface area (Å²) in [7, 11) is 0. The summed E-state index contributed by atoms with van der Waals surface area (Å²) in [5, 5.41) is 4.67. The van der Waals surface area contributed by atoms with Gasteiger partial charge in [-0.2, -0.15) is 5.10 Å². The predicted octanol–water partition coefficient (Wildman–Crippen LogP) is 5.51. The highest BCUT2D eigenvalue weighted by Crippen LogP contribution is 2.33. The van der Waals surface area contributed by atoms with Gasteiger partial charge in [-0.05, 0) is 43.3 Å². The molecule has 2 aromatic heterocycles. The van der Waals surface area contributed by atoms with Crippen molar-refractivity contribution in [3.8, 4) is 16.9 Å². The molecule has 194 valence electrons. The zero-order valence-corrected chi connectivity index (χ0v) is 22.1. The Bertz CT molecular complexity index is 1070. The van der Waals surface area contributed by atoms with Gasteiger partial charge in [-0.15, -0.1) is 0 Å². The molecule has 0 amide bonds. The molecular formula is C28H38N4O4. The summed E-state index contributed by atoms with van der Waals surface area (Å²) in [5.41, 5.74) is 3.75. The molecule has 2 aliphatic heterocycles. The number of rotatable bonds is 5. The van der Waals surface area contributed by atoms with Crippen molar-refractivity contribution in [2.24, 2.45) is 0 Å². The molecule has 2 aliphatic rings. The molecule has 4 heterocycles. The third-order valence-corrected chi connectivity index (χ3v) is 5.96. The number of benzene rings is 1. The Hall–Kier alpha value is -3.23. The number of piperidine rings is 1. The van der Waals surface area contributed by atoms with Crippen LogP contribution in [0.1, 0.15) is 57.8 Å². The number of aromatic nitrogens is 3. The van der Waals surface area contributed by atoms with Gasteiger partial charge in [0.25, 0.3) is 0 Å². The largest absolute Gasteiger partial charge is 0.462 e. The van der Waals surface area contributed by atoms with E-state index in [0.717, 1.165) is 42.9 Å². The fourth-order valence-corrected chi connectivity index (χ4v) is 4.29. The second-order valence-corrected chi connectivity index (χ2v) is 7.91. The third kappa shape index (κ3) is 6.12. The van der Waals surface area contributed by atoms with Crippen molar-refractivity contribution >= 4 is 11.7 Å². The molecule has 0 bridgehead atoms. The van der Waals surface area contributed by atoms with Gasteiger partial charge in [0.1, 0.15) is 11.3 Å². The Morgan fingerprint density at radius 1 is 1.00 bits per heavy atom. The van der Waals surface area contributed by atoms with Gasteiger partial charge in [-0.25, -0.2) is 9.48 Å². The highest BCUT2D eigenvalue weighted by molar-refractivity contribution is 5.96. The molecule has 8 nitrogen and oxygen atoms in total. The Morgan fingerprint density at radius 3 is 2.22 bits per heavy atom. The van der Waals surface area contributed by atoms with E-state index in [1.165, 1.54) is 0 Å². The quantitative estimate of drug-likeness (QED) is 0.433. The van der Waals surface area contributed by atoms with E-state index in [1.807, 2.05) is 52.0 Å². The van der Waals surface area contributed by atoms with Crippen molar-refractivity contribution < 1.29 is 19.0 Å². The molecule has 0 aliphatic carbocycles. The van der Waals surface area contributed by atoms with Crippen LogP contribution in [0, 0.1) is 0 Å². The monoisotopic (exact) mass is 494 g/mol. The summed E-state index contributed by atoms with van der Waals surface area (Å²) in [6.45, 7) is 13.2. The molecule has 1 aromatic carbocycles. The Kier molecular flexibility index (Phi) is 10.0. The van der Waals surface area contributed by atoms with Crippen LogP contribution in [0.15, 0.2) is 55.0 Å². The van der Waals surface area contributed by atoms with Crippen molar-refractivity contribution in [1.82, 2.24) is 14.8 Å². The minimum Gasteiger partial charge on any atom is -0.462 e. The van der Waals surface area contributed by atoms with Crippen LogP contribution in [-0.4, -0.2) is 59.4 Å². The highest BCUT2D eigenvalue weighted by atomic mass is 16.7. The zero-order valence-electron chi connectivity index (χ0n) is 22.1. The maximum Gasteiger partial charge on any atom is 0.342 e. The normalized spacial score (nSPS) is 16.0. The second-order valence-electron chi connectivity index (χ2n) is 7.91. The Balaban J connectivity index is 0.000000861. The molecular weight excluding hydrogens is 456 g/mol. The molecule has 2 fully saturated rings. The molecule has 5 rings (SSSR count). The number of nitrogens with zero attached hydrogens (tertiary/aromatic N) is 4. The average Bonchev–Trinajstić information content (AvgIpc) is 3.60. The van der Waals surface area contributed by atoms with Gasteiger partial charge in [-0.1, -0.05) is 27.7 Å². The van der Waals surface area contributed by atoms with Gasteiger partial charge in [0.15, 0.2) is 5.79 Å². The summed E-state index contributed by atoms with van der Waals surface area (Å²) in [5.74, 6) is -0.773. The van der Waals surface area contributed by atoms with Gasteiger partial charge in [0, 0.05) is 55.8 Å². The third-order valence-electron chi connectivity index (χ3n) is 5.96. The zero-order chi connectivity index (χ0) is 26.0. The second kappa shape index (κ2) is 13.2. The van der Waals surface area contributed by atoms with Gasteiger partial charge < -0.3 is 19.1 Å². The summed E-state index contributed by atoms with van der Waals surface area (Å²) in [4.78, 5) is 19.0. The molecule has 1 spiro atoms. The summed E-state index contributed by atoms with van der Waals surface area (Å²) in [6.07, 6.45) is 6.83. The number of hydrogen-bond donors (Lipinski definition) is 0. The molecule has 3 aromatic rings. The Morgan fingerprint density at radius 2 is 1.64 bits per heavy atom. The van der Waals surface area contributed by atoms with E-state index < -0.39 is 5.97 Å². The number of esters is 1. The van der Waals surface area contributed by atoms with Gasteiger partial charge in [0.2, 0.25) is 0 Å². The lowest BCUT2D eigenvalue weighted by atomic mass is 10.0. The molecule has 0 atom stereocenters.